The van der Waals surface area contributed by atoms with Crippen LogP contribution in [0.25, 0.3) is 11.1 Å². The minimum atomic E-state index is 0.823. The van der Waals surface area contributed by atoms with E-state index in [1.54, 1.807) is 0 Å². The number of hydrogen-bond acceptors (Lipinski definition) is 4. The summed E-state index contributed by atoms with van der Waals surface area (Å²) in [6, 6.07) is 57.6. The summed E-state index contributed by atoms with van der Waals surface area (Å²) in [5.74, 6) is 1.66. The highest BCUT2D eigenvalue weighted by Gasteiger charge is 2.30. The molecule has 48 heavy (non-hydrogen) atoms. The van der Waals surface area contributed by atoms with Crippen LogP contribution in [0.1, 0.15) is 5.56 Å². The topological polar surface area (TPSA) is 27.7 Å². The Balaban J connectivity index is 1.23. The molecule has 0 saturated carbocycles. The Morgan fingerprint density at radius 3 is 1.98 bits per heavy atom. The molecule has 2 aliphatic heterocycles. The van der Waals surface area contributed by atoms with Crippen LogP contribution in [0.2, 0.25) is 0 Å². The Kier molecular flexibility index (Phi) is 6.75. The molecule has 227 valence electrons. The van der Waals surface area contributed by atoms with Crippen LogP contribution in [0.4, 0.5) is 45.5 Å². The van der Waals surface area contributed by atoms with Gasteiger partial charge in [0.15, 0.2) is 18.8 Å². The van der Waals surface area contributed by atoms with Crippen LogP contribution >= 0.6 is 0 Å². The van der Waals surface area contributed by atoms with Crippen LogP contribution in [-0.4, -0.2) is 7.28 Å². The van der Waals surface area contributed by atoms with E-state index < -0.39 is 0 Å². The predicted molar refractivity (Wildman–Crippen MR) is 201 cm³/mol. The van der Waals surface area contributed by atoms with Crippen LogP contribution < -0.4 is 30.8 Å². The summed E-state index contributed by atoms with van der Waals surface area (Å²) in [6.07, 6.45) is 0. The highest BCUT2D eigenvalue weighted by atomic mass is 16.5. The molecule has 0 amide bonds. The number of anilines is 8. The van der Waals surface area contributed by atoms with Gasteiger partial charge in [-0.3, -0.25) is 0 Å². The fraction of sp³-hybridized carbons (Fsp3) is 0.0233. The second kappa shape index (κ2) is 11.6. The van der Waals surface area contributed by atoms with Crippen LogP contribution in [-0.2, 0) is 0 Å². The first-order chi connectivity index (χ1) is 23.7. The number of benzene rings is 7. The van der Waals surface area contributed by atoms with Crippen molar-refractivity contribution in [3.63, 3.8) is 0 Å². The second-order valence-electron chi connectivity index (χ2n) is 12.2. The van der Waals surface area contributed by atoms with Gasteiger partial charge in [-0.05, 0) is 96.3 Å². The molecule has 0 atom stereocenters. The second-order valence-corrected chi connectivity index (χ2v) is 12.2. The third-order valence-corrected chi connectivity index (χ3v) is 9.08. The first-order valence-corrected chi connectivity index (χ1v) is 16.3. The average Bonchev–Trinajstić information content (AvgIpc) is 3.14. The van der Waals surface area contributed by atoms with Gasteiger partial charge in [-0.15, -0.1) is 0 Å². The van der Waals surface area contributed by atoms with Crippen LogP contribution in [0.3, 0.4) is 0 Å². The van der Waals surface area contributed by atoms with Crippen molar-refractivity contribution in [2.75, 3.05) is 15.1 Å². The molecule has 0 unspecified atom stereocenters. The standard InChI is InChI=1S/C43H31BN3O/c1-29-26-35(34-20-13-23-41-43(34)45-37-21-11-12-22-40(37)48-41)42-39(27-29)47(32-18-9-4-10-19-32)38-28-33(24-25-36(38)44-42)46(30-14-5-2-6-15-30)31-16-7-3-8-17-31/h2-28,45H,1H3. The lowest BCUT2D eigenvalue weighted by molar-refractivity contribution is 0.481. The molecule has 7 aromatic carbocycles. The van der Waals surface area contributed by atoms with E-state index in [2.05, 4.69) is 169 Å². The number of nitrogens with one attached hydrogen (secondary N) is 1. The van der Waals surface area contributed by atoms with E-state index in [4.69, 9.17) is 4.74 Å². The average molecular weight is 617 g/mol. The summed E-state index contributed by atoms with van der Waals surface area (Å²) in [7, 11) is 2.34. The molecule has 0 fully saturated rings. The SMILES string of the molecule is Cc1cc(-c2cccc3c2Nc2ccccc2O3)c2c(c1)N(c1ccccc1)c1cc(N(c3ccccc3)c3ccccc3)ccc1[B]2. The van der Waals surface area contributed by atoms with Gasteiger partial charge in [0.2, 0.25) is 0 Å². The molecular formula is C43H31BN3O. The Labute approximate surface area is 281 Å². The molecule has 0 spiro atoms. The molecule has 4 nitrogen and oxygen atoms in total. The molecule has 1 N–H and O–H groups in total. The van der Waals surface area contributed by atoms with Gasteiger partial charge in [-0.25, -0.2) is 0 Å². The van der Waals surface area contributed by atoms with Gasteiger partial charge in [0.05, 0.1) is 11.4 Å². The maximum absolute atomic E-state index is 6.38. The van der Waals surface area contributed by atoms with E-state index in [-0.39, 0.29) is 0 Å². The number of nitrogens with zero attached hydrogens (tertiary/aromatic N) is 2. The smallest absolute Gasteiger partial charge is 0.197 e. The molecule has 0 saturated heterocycles. The summed E-state index contributed by atoms with van der Waals surface area (Å²) >= 11 is 0. The number of fused-ring (bicyclic) bond motifs is 4. The summed E-state index contributed by atoms with van der Waals surface area (Å²) in [6.45, 7) is 2.18. The van der Waals surface area contributed by atoms with Crippen molar-refractivity contribution < 1.29 is 4.74 Å². The Morgan fingerprint density at radius 1 is 0.562 bits per heavy atom. The van der Waals surface area contributed by atoms with E-state index in [0.717, 1.165) is 73.6 Å². The minimum absolute atomic E-state index is 0.823. The van der Waals surface area contributed by atoms with Gasteiger partial charge >= 0.3 is 0 Å². The zero-order chi connectivity index (χ0) is 32.0. The maximum atomic E-state index is 6.38. The molecule has 0 aromatic heterocycles. The van der Waals surface area contributed by atoms with E-state index in [0.29, 0.717) is 0 Å². The van der Waals surface area contributed by atoms with Crippen LogP contribution in [0, 0.1) is 6.92 Å². The first kappa shape index (κ1) is 28.1. The van der Waals surface area contributed by atoms with Crippen molar-refractivity contribution in [3.05, 3.63) is 169 Å². The lowest BCUT2D eigenvalue weighted by Gasteiger charge is -2.36. The van der Waals surface area contributed by atoms with Crippen molar-refractivity contribution in [2.45, 2.75) is 6.92 Å². The predicted octanol–water partition coefficient (Wildman–Crippen LogP) is 10.4. The maximum Gasteiger partial charge on any atom is 0.197 e. The Bertz CT molecular complexity index is 2250. The molecule has 0 bridgehead atoms. The number of hydrogen-bond donors (Lipinski definition) is 1. The molecule has 0 aliphatic carbocycles. The first-order valence-electron chi connectivity index (χ1n) is 16.3. The molecule has 7 aromatic rings. The van der Waals surface area contributed by atoms with Crippen molar-refractivity contribution in [1.82, 2.24) is 0 Å². The van der Waals surface area contributed by atoms with E-state index in [1.165, 1.54) is 11.0 Å². The number of rotatable bonds is 5. The van der Waals surface area contributed by atoms with E-state index in [1.807, 2.05) is 24.3 Å². The van der Waals surface area contributed by atoms with Crippen LogP contribution in [0.5, 0.6) is 11.5 Å². The van der Waals surface area contributed by atoms with Gasteiger partial charge in [0.1, 0.15) is 0 Å². The Morgan fingerprint density at radius 2 is 1.23 bits per heavy atom. The highest BCUT2D eigenvalue weighted by Crippen LogP contribution is 2.48. The van der Waals surface area contributed by atoms with Gasteiger partial charge in [0, 0.05) is 39.7 Å². The zero-order valence-corrected chi connectivity index (χ0v) is 26.5. The van der Waals surface area contributed by atoms with Gasteiger partial charge in [0.25, 0.3) is 0 Å². The molecule has 5 heteroatoms. The fourth-order valence-electron chi connectivity index (χ4n) is 6.95. The number of aryl methyl sites for hydroxylation is 1. The molecule has 2 aliphatic rings. The van der Waals surface area contributed by atoms with Crippen molar-refractivity contribution in [3.8, 4) is 22.6 Å². The summed E-state index contributed by atoms with van der Waals surface area (Å²) in [5, 5.41) is 3.69. The quantitative estimate of drug-likeness (QED) is 0.195. The summed E-state index contributed by atoms with van der Waals surface area (Å²) in [5.41, 5.74) is 14.4. The highest BCUT2D eigenvalue weighted by molar-refractivity contribution is 6.73. The zero-order valence-electron chi connectivity index (χ0n) is 26.5. The van der Waals surface area contributed by atoms with Gasteiger partial charge in [-0.1, -0.05) is 96.5 Å². The third kappa shape index (κ3) is 4.80. The number of para-hydroxylation sites is 6. The van der Waals surface area contributed by atoms with Gasteiger partial charge < -0.3 is 19.9 Å². The molecule has 2 heterocycles. The largest absolute Gasteiger partial charge is 0.453 e. The van der Waals surface area contributed by atoms with Gasteiger partial charge in [-0.2, -0.15) is 0 Å². The lowest BCUT2D eigenvalue weighted by Crippen LogP contribution is -2.41. The number of ether oxygens (including phenoxy) is 1. The van der Waals surface area contributed by atoms with E-state index >= 15 is 0 Å². The minimum Gasteiger partial charge on any atom is -0.453 e. The molecule has 1 radical (unpaired) electrons. The van der Waals surface area contributed by atoms with E-state index in [9.17, 15) is 0 Å². The van der Waals surface area contributed by atoms with Crippen molar-refractivity contribution >= 4 is 63.7 Å². The normalized spacial score (nSPS) is 12.3. The summed E-state index contributed by atoms with van der Waals surface area (Å²) < 4.78 is 6.38. The fourth-order valence-corrected chi connectivity index (χ4v) is 6.95. The van der Waals surface area contributed by atoms with Crippen molar-refractivity contribution in [2.24, 2.45) is 0 Å². The third-order valence-electron chi connectivity index (χ3n) is 9.08. The van der Waals surface area contributed by atoms with Crippen molar-refractivity contribution in [1.29, 1.82) is 0 Å². The lowest BCUT2D eigenvalue weighted by atomic mass is 9.58. The Hall–Kier alpha value is -6.20. The summed E-state index contributed by atoms with van der Waals surface area (Å²) in [4.78, 5) is 4.73. The van der Waals surface area contributed by atoms with Crippen LogP contribution in [0.15, 0.2) is 164 Å². The molecular weight excluding hydrogens is 585 g/mol. The molecule has 9 rings (SSSR count). The monoisotopic (exact) mass is 616 g/mol.